The van der Waals surface area contributed by atoms with Gasteiger partial charge in [0.1, 0.15) is 6.54 Å². The van der Waals surface area contributed by atoms with Crippen LogP contribution in [0.1, 0.15) is 57.2 Å². The Bertz CT molecular complexity index is 576. The van der Waals surface area contributed by atoms with Gasteiger partial charge < -0.3 is 10.3 Å². The molecule has 1 saturated carbocycles. The molecule has 1 aliphatic rings. The first-order valence-corrected chi connectivity index (χ1v) is 7.12. The van der Waals surface area contributed by atoms with Crippen molar-refractivity contribution in [3.05, 3.63) is 24.1 Å². The van der Waals surface area contributed by atoms with Crippen LogP contribution < -0.4 is 5.73 Å². The van der Waals surface area contributed by atoms with Gasteiger partial charge in [0.15, 0.2) is 5.82 Å². The first-order valence-electron chi connectivity index (χ1n) is 7.12. The molecule has 0 amide bonds. The Hall–Kier alpha value is -1.85. The maximum Gasteiger partial charge on any atom is 0.248 e. The predicted molar refractivity (Wildman–Crippen MR) is 75.0 cm³/mol. The molecule has 3 rings (SSSR count). The highest BCUT2D eigenvalue weighted by molar-refractivity contribution is 5.30. The quantitative estimate of drug-likeness (QED) is 0.930. The van der Waals surface area contributed by atoms with E-state index < -0.39 is 0 Å². The number of rotatable bonds is 3. The Kier molecular flexibility index (Phi) is 3.23. The molecule has 0 aromatic carbocycles. The van der Waals surface area contributed by atoms with Gasteiger partial charge in [-0.25, -0.2) is 0 Å². The number of anilines is 1. The topological polar surface area (TPSA) is 82.8 Å². The van der Waals surface area contributed by atoms with Crippen LogP contribution in [0.5, 0.6) is 0 Å². The van der Waals surface area contributed by atoms with E-state index in [2.05, 4.69) is 29.1 Å². The first-order chi connectivity index (χ1) is 9.52. The number of nitrogen functional groups attached to an aromatic ring is 1. The lowest BCUT2D eigenvalue weighted by atomic mass is 9.73. The number of nitrogens with zero attached hydrogens (tertiary/aromatic N) is 4. The molecule has 108 valence electrons. The smallest absolute Gasteiger partial charge is 0.248 e. The molecule has 0 saturated heterocycles. The monoisotopic (exact) mass is 275 g/mol. The fourth-order valence-electron chi connectivity index (χ4n) is 2.76. The minimum absolute atomic E-state index is 0.434. The molecule has 6 nitrogen and oxygen atoms in total. The normalized spacial score (nSPS) is 19.3. The second-order valence-electron chi connectivity index (χ2n) is 6.46. The van der Waals surface area contributed by atoms with Gasteiger partial charge in [0.2, 0.25) is 5.89 Å². The lowest BCUT2D eigenvalue weighted by molar-refractivity contribution is 0.218. The second-order valence-corrected chi connectivity index (χ2v) is 6.46. The summed E-state index contributed by atoms with van der Waals surface area (Å²) in [6.45, 7) is 5.13. The summed E-state index contributed by atoms with van der Waals surface area (Å²) in [4.78, 5) is 4.51. The van der Waals surface area contributed by atoms with Gasteiger partial charge in [-0.2, -0.15) is 10.1 Å². The highest BCUT2D eigenvalue weighted by atomic mass is 16.5. The summed E-state index contributed by atoms with van der Waals surface area (Å²) in [6.07, 6.45) is 8.09. The van der Waals surface area contributed by atoms with E-state index >= 15 is 0 Å². The molecule has 0 spiro atoms. The standard InChI is InChI=1S/C14H21N5O/c1-14(2)5-3-10(4-6-14)13-17-12(20-18-13)9-19-8-11(15)7-16-19/h7-8,10H,3-6,9,15H2,1-2H3. The van der Waals surface area contributed by atoms with Crippen LogP contribution in [0.25, 0.3) is 0 Å². The summed E-state index contributed by atoms with van der Waals surface area (Å²) in [7, 11) is 0. The van der Waals surface area contributed by atoms with Gasteiger partial charge in [0.25, 0.3) is 0 Å². The maximum absolute atomic E-state index is 5.63. The molecule has 2 aromatic heterocycles. The second kappa shape index (κ2) is 4.92. The molecule has 0 radical (unpaired) electrons. The van der Waals surface area contributed by atoms with Crippen molar-refractivity contribution < 1.29 is 4.52 Å². The van der Waals surface area contributed by atoms with Crippen LogP contribution in [-0.2, 0) is 6.54 Å². The molecule has 0 bridgehead atoms. The van der Waals surface area contributed by atoms with E-state index in [1.807, 2.05) is 0 Å². The minimum atomic E-state index is 0.434. The third-order valence-corrected chi connectivity index (χ3v) is 4.14. The van der Waals surface area contributed by atoms with Gasteiger partial charge >= 0.3 is 0 Å². The number of hydrogen-bond acceptors (Lipinski definition) is 5. The largest absolute Gasteiger partial charge is 0.396 e. The Morgan fingerprint density at radius 1 is 1.40 bits per heavy atom. The molecule has 1 aliphatic carbocycles. The van der Waals surface area contributed by atoms with Gasteiger partial charge in [0.05, 0.1) is 11.9 Å². The Labute approximate surface area is 118 Å². The molecule has 0 atom stereocenters. The van der Waals surface area contributed by atoms with E-state index in [0.29, 0.717) is 29.5 Å². The first kappa shape index (κ1) is 13.1. The van der Waals surface area contributed by atoms with Crippen molar-refractivity contribution in [2.24, 2.45) is 5.41 Å². The maximum atomic E-state index is 5.63. The van der Waals surface area contributed by atoms with Gasteiger partial charge in [-0.1, -0.05) is 19.0 Å². The predicted octanol–water partition coefficient (Wildman–Crippen LogP) is 2.58. The molecule has 6 heteroatoms. The zero-order valence-corrected chi connectivity index (χ0v) is 12.0. The van der Waals surface area contributed by atoms with E-state index in [0.717, 1.165) is 18.7 Å². The van der Waals surface area contributed by atoms with E-state index in [1.165, 1.54) is 12.8 Å². The van der Waals surface area contributed by atoms with E-state index in [1.54, 1.807) is 17.1 Å². The van der Waals surface area contributed by atoms with E-state index in [-0.39, 0.29) is 0 Å². The van der Waals surface area contributed by atoms with Crippen LogP contribution in [0.15, 0.2) is 16.9 Å². The fraction of sp³-hybridized carbons (Fsp3) is 0.643. The highest BCUT2D eigenvalue weighted by Gasteiger charge is 2.30. The summed E-state index contributed by atoms with van der Waals surface area (Å²) in [5.74, 6) is 1.87. The van der Waals surface area contributed by atoms with Crippen molar-refractivity contribution in [2.45, 2.75) is 52.0 Å². The van der Waals surface area contributed by atoms with Crippen molar-refractivity contribution in [2.75, 3.05) is 5.73 Å². The van der Waals surface area contributed by atoms with E-state index in [4.69, 9.17) is 10.3 Å². The van der Waals surface area contributed by atoms with Crippen LogP contribution in [0, 0.1) is 5.41 Å². The minimum Gasteiger partial charge on any atom is -0.396 e. The lowest BCUT2D eigenvalue weighted by Crippen LogP contribution is -2.20. The number of aromatic nitrogens is 4. The van der Waals surface area contributed by atoms with Crippen molar-refractivity contribution in [3.63, 3.8) is 0 Å². The fourth-order valence-corrected chi connectivity index (χ4v) is 2.76. The Morgan fingerprint density at radius 2 is 2.15 bits per heavy atom. The van der Waals surface area contributed by atoms with Crippen LogP contribution in [0.3, 0.4) is 0 Å². The summed E-state index contributed by atoms with van der Waals surface area (Å²) in [5, 5.41) is 8.25. The highest BCUT2D eigenvalue weighted by Crippen LogP contribution is 2.41. The molecule has 0 unspecified atom stereocenters. The van der Waals surface area contributed by atoms with Crippen molar-refractivity contribution in [1.82, 2.24) is 19.9 Å². The molecule has 0 aliphatic heterocycles. The Morgan fingerprint density at radius 3 is 2.80 bits per heavy atom. The summed E-state index contributed by atoms with van der Waals surface area (Å²) >= 11 is 0. The number of hydrogen-bond donors (Lipinski definition) is 1. The van der Waals surface area contributed by atoms with Crippen molar-refractivity contribution >= 4 is 5.69 Å². The molecule has 2 N–H and O–H groups in total. The summed E-state index contributed by atoms with van der Waals surface area (Å²) < 4.78 is 7.03. The van der Waals surface area contributed by atoms with Crippen LogP contribution in [0.2, 0.25) is 0 Å². The SMILES string of the molecule is CC1(C)CCC(c2noc(Cn3cc(N)cn3)n2)CC1. The van der Waals surface area contributed by atoms with Crippen LogP contribution in [-0.4, -0.2) is 19.9 Å². The molecular weight excluding hydrogens is 254 g/mol. The third-order valence-electron chi connectivity index (χ3n) is 4.14. The van der Waals surface area contributed by atoms with Gasteiger partial charge in [0, 0.05) is 12.1 Å². The summed E-state index contributed by atoms with van der Waals surface area (Å²) in [5.41, 5.74) is 6.72. The molecule has 2 heterocycles. The van der Waals surface area contributed by atoms with Crippen molar-refractivity contribution in [3.8, 4) is 0 Å². The van der Waals surface area contributed by atoms with Gasteiger partial charge in [-0.15, -0.1) is 0 Å². The average molecular weight is 275 g/mol. The van der Waals surface area contributed by atoms with Crippen LogP contribution in [0.4, 0.5) is 5.69 Å². The van der Waals surface area contributed by atoms with Gasteiger partial charge in [-0.05, 0) is 31.1 Å². The van der Waals surface area contributed by atoms with Crippen molar-refractivity contribution in [1.29, 1.82) is 0 Å². The zero-order valence-electron chi connectivity index (χ0n) is 12.0. The third kappa shape index (κ3) is 2.84. The molecule has 20 heavy (non-hydrogen) atoms. The molecular formula is C14H21N5O. The molecule has 2 aromatic rings. The van der Waals surface area contributed by atoms with Crippen LogP contribution >= 0.6 is 0 Å². The zero-order chi connectivity index (χ0) is 14.2. The van der Waals surface area contributed by atoms with E-state index in [9.17, 15) is 0 Å². The summed E-state index contributed by atoms with van der Waals surface area (Å²) in [6, 6.07) is 0. The molecule has 1 fully saturated rings. The lowest BCUT2D eigenvalue weighted by Gasteiger charge is -2.32. The number of nitrogens with two attached hydrogens (primary N) is 1. The van der Waals surface area contributed by atoms with Gasteiger partial charge in [-0.3, -0.25) is 4.68 Å². The average Bonchev–Trinajstić information content (AvgIpc) is 3.00. The Balaban J connectivity index is 1.65.